The van der Waals surface area contributed by atoms with Crippen molar-refractivity contribution in [2.45, 2.75) is 5.41 Å². The van der Waals surface area contributed by atoms with E-state index in [4.69, 9.17) is 22.1 Å². The zero-order valence-corrected chi connectivity index (χ0v) is 13.2. The molecule has 0 amide bonds. The Morgan fingerprint density at radius 2 is 2.10 bits per heavy atom. The Hall–Kier alpha value is -1.72. The van der Waals surface area contributed by atoms with Crippen LogP contribution in [0.1, 0.15) is 11.1 Å². The predicted molar refractivity (Wildman–Crippen MR) is 84.5 cm³/mol. The van der Waals surface area contributed by atoms with Gasteiger partial charge < -0.3 is 15.8 Å². The Morgan fingerprint density at radius 3 is 2.86 bits per heavy atom. The first-order chi connectivity index (χ1) is 10.1. The van der Waals surface area contributed by atoms with Gasteiger partial charge in [0.05, 0.1) is 17.4 Å². The molecule has 4 nitrogen and oxygen atoms in total. The molecular formula is C15H11BrClN3O. The van der Waals surface area contributed by atoms with Crippen molar-refractivity contribution in [1.29, 1.82) is 0 Å². The number of nitrogens with one attached hydrogen (secondary N) is 1. The Morgan fingerprint density at radius 1 is 1.29 bits per heavy atom. The summed E-state index contributed by atoms with van der Waals surface area (Å²) in [6.45, 7) is 0.666. The summed E-state index contributed by atoms with van der Waals surface area (Å²) in [5, 5.41) is 3.64. The Labute approximate surface area is 135 Å². The van der Waals surface area contributed by atoms with Gasteiger partial charge in [0, 0.05) is 22.1 Å². The van der Waals surface area contributed by atoms with Crippen LogP contribution in [0.3, 0.4) is 0 Å². The van der Waals surface area contributed by atoms with Crippen molar-refractivity contribution < 1.29 is 4.74 Å². The molecule has 3 heterocycles. The highest BCUT2D eigenvalue weighted by molar-refractivity contribution is 9.10. The summed E-state index contributed by atoms with van der Waals surface area (Å²) in [6, 6.07) is 7.80. The Balaban J connectivity index is 2.05. The summed E-state index contributed by atoms with van der Waals surface area (Å²) in [4.78, 5) is 4.12. The van der Waals surface area contributed by atoms with Gasteiger partial charge in [0.15, 0.2) is 0 Å². The minimum Gasteiger partial charge on any atom is -0.455 e. The minimum absolute atomic E-state index is 0.386. The van der Waals surface area contributed by atoms with E-state index in [1.807, 2.05) is 24.3 Å². The smallest absolute Gasteiger partial charge is 0.150 e. The molecule has 2 aliphatic heterocycles. The van der Waals surface area contributed by atoms with Gasteiger partial charge in [-0.25, -0.2) is 4.98 Å². The summed E-state index contributed by atoms with van der Waals surface area (Å²) >= 11 is 9.61. The number of pyridine rings is 1. The number of nitrogens with two attached hydrogens (primary N) is 1. The summed E-state index contributed by atoms with van der Waals surface area (Å²) < 4.78 is 6.96. The fourth-order valence-corrected chi connectivity index (χ4v) is 3.52. The molecule has 1 spiro atoms. The van der Waals surface area contributed by atoms with E-state index >= 15 is 0 Å². The largest absolute Gasteiger partial charge is 0.455 e. The number of halogens is 2. The fourth-order valence-electron chi connectivity index (χ4n) is 3.01. The third-order valence-corrected chi connectivity index (χ3v) is 4.63. The van der Waals surface area contributed by atoms with E-state index in [0.29, 0.717) is 23.3 Å². The van der Waals surface area contributed by atoms with Crippen LogP contribution in [0.5, 0.6) is 11.5 Å². The topological polar surface area (TPSA) is 60.2 Å². The molecule has 21 heavy (non-hydrogen) atoms. The molecule has 1 aromatic heterocycles. The second-order valence-corrected chi connectivity index (χ2v) is 6.47. The molecule has 0 saturated heterocycles. The minimum atomic E-state index is -0.386. The van der Waals surface area contributed by atoms with Gasteiger partial charge in [-0.2, -0.15) is 0 Å². The van der Waals surface area contributed by atoms with E-state index < -0.39 is 0 Å². The number of rotatable bonds is 0. The molecule has 0 fully saturated rings. The number of ether oxygens (including phenoxy) is 1. The SMILES string of the molecule is NC1=C[C@]2(CN1)c1cc(Br)ccc1Oc1cnc(Cl)cc12. The zero-order chi connectivity index (χ0) is 14.6. The maximum absolute atomic E-state index is 6.08. The van der Waals surface area contributed by atoms with Gasteiger partial charge in [-0.15, -0.1) is 0 Å². The van der Waals surface area contributed by atoms with Gasteiger partial charge in [-0.05, 0) is 30.3 Å². The molecule has 0 radical (unpaired) electrons. The lowest BCUT2D eigenvalue weighted by molar-refractivity contribution is 0.422. The molecule has 2 aliphatic rings. The van der Waals surface area contributed by atoms with Crippen LogP contribution in [0.15, 0.2) is 46.8 Å². The van der Waals surface area contributed by atoms with Crippen LogP contribution in [0.25, 0.3) is 0 Å². The predicted octanol–water partition coefficient (Wildman–Crippen LogP) is 3.29. The number of hydrogen-bond donors (Lipinski definition) is 2. The van der Waals surface area contributed by atoms with E-state index in [2.05, 4.69) is 32.3 Å². The van der Waals surface area contributed by atoms with Gasteiger partial charge in [-0.3, -0.25) is 0 Å². The molecular weight excluding hydrogens is 354 g/mol. The number of nitrogens with zero attached hydrogens (tertiary/aromatic N) is 1. The molecule has 1 atom stereocenters. The first-order valence-corrected chi connectivity index (χ1v) is 7.62. The van der Waals surface area contributed by atoms with Crippen molar-refractivity contribution in [3.8, 4) is 11.5 Å². The van der Waals surface area contributed by atoms with Crippen LogP contribution >= 0.6 is 27.5 Å². The molecule has 106 valence electrons. The Bertz CT molecular complexity index is 739. The van der Waals surface area contributed by atoms with E-state index in [1.165, 1.54) is 0 Å². The maximum atomic E-state index is 6.08. The first kappa shape index (κ1) is 13.0. The average molecular weight is 365 g/mol. The van der Waals surface area contributed by atoms with Crippen molar-refractivity contribution in [3.05, 3.63) is 63.1 Å². The quantitative estimate of drug-likeness (QED) is 0.704. The van der Waals surface area contributed by atoms with E-state index in [-0.39, 0.29) is 5.41 Å². The normalized spacial score (nSPS) is 22.1. The van der Waals surface area contributed by atoms with E-state index in [1.54, 1.807) is 6.20 Å². The first-order valence-electron chi connectivity index (χ1n) is 6.45. The third-order valence-electron chi connectivity index (χ3n) is 3.93. The lowest BCUT2D eigenvalue weighted by Crippen LogP contribution is -2.34. The van der Waals surface area contributed by atoms with Crippen molar-refractivity contribution in [2.24, 2.45) is 5.73 Å². The van der Waals surface area contributed by atoms with Gasteiger partial charge in [0.1, 0.15) is 16.7 Å². The van der Waals surface area contributed by atoms with E-state index in [9.17, 15) is 0 Å². The summed E-state index contributed by atoms with van der Waals surface area (Å²) in [5.74, 6) is 2.17. The van der Waals surface area contributed by atoms with Gasteiger partial charge in [0.25, 0.3) is 0 Å². The van der Waals surface area contributed by atoms with Crippen LogP contribution in [0.2, 0.25) is 5.15 Å². The van der Waals surface area contributed by atoms with Crippen LogP contribution in [-0.4, -0.2) is 11.5 Å². The molecule has 3 N–H and O–H groups in total. The lowest BCUT2D eigenvalue weighted by Gasteiger charge is -2.35. The highest BCUT2D eigenvalue weighted by Gasteiger charge is 2.44. The molecule has 4 rings (SSSR count). The Kier molecular flexibility index (Phi) is 2.71. The second kappa shape index (κ2) is 4.39. The number of hydrogen-bond acceptors (Lipinski definition) is 4. The summed E-state index contributed by atoms with van der Waals surface area (Å²) in [5.41, 5.74) is 7.62. The van der Waals surface area contributed by atoms with Gasteiger partial charge in [-0.1, -0.05) is 27.5 Å². The zero-order valence-electron chi connectivity index (χ0n) is 10.9. The van der Waals surface area contributed by atoms with Crippen LogP contribution in [0, 0.1) is 0 Å². The molecule has 6 heteroatoms. The summed E-state index contributed by atoms with van der Waals surface area (Å²) in [6.07, 6.45) is 3.68. The number of benzene rings is 1. The molecule has 0 saturated carbocycles. The lowest BCUT2D eigenvalue weighted by atomic mass is 9.73. The van der Waals surface area contributed by atoms with Crippen molar-refractivity contribution in [1.82, 2.24) is 10.3 Å². The van der Waals surface area contributed by atoms with Crippen LogP contribution < -0.4 is 15.8 Å². The van der Waals surface area contributed by atoms with Crippen molar-refractivity contribution in [2.75, 3.05) is 6.54 Å². The van der Waals surface area contributed by atoms with Crippen molar-refractivity contribution in [3.63, 3.8) is 0 Å². The maximum Gasteiger partial charge on any atom is 0.150 e. The van der Waals surface area contributed by atoms with Crippen LogP contribution in [-0.2, 0) is 5.41 Å². The highest BCUT2D eigenvalue weighted by atomic mass is 79.9. The number of fused-ring (bicyclic) bond motifs is 4. The fraction of sp³-hybridized carbons (Fsp3) is 0.133. The average Bonchev–Trinajstić information content (AvgIpc) is 2.84. The third kappa shape index (κ3) is 1.84. The highest BCUT2D eigenvalue weighted by Crippen LogP contribution is 2.51. The number of aromatic nitrogens is 1. The van der Waals surface area contributed by atoms with Gasteiger partial charge >= 0.3 is 0 Å². The monoisotopic (exact) mass is 363 g/mol. The standard InChI is InChI=1S/C15H11BrClN3O/c16-8-1-2-11-9(3-8)15(5-14(18)20-7-15)10-4-13(17)19-6-12(10)21-11/h1-6,20H,7,18H2/t15-/m0/s1. The van der Waals surface area contributed by atoms with E-state index in [0.717, 1.165) is 21.3 Å². The molecule has 2 aromatic rings. The van der Waals surface area contributed by atoms with Gasteiger partial charge in [0.2, 0.25) is 0 Å². The van der Waals surface area contributed by atoms with Crippen LogP contribution in [0.4, 0.5) is 0 Å². The molecule has 1 aromatic carbocycles. The second-order valence-electron chi connectivity index (χ2n) is 5.17. The van der Waals surface area contributed by atoms with Crippen molar-refractivity contribution >= 4 is 27.5 Å². The molecule has 0 bridgehead atoms. The molecule has 0 aliphatic carbocycles. The molecule has 0 unspecified atom stereocenters. The summed E-state index contributed by atoms with van der Waals surface area (Å²) in [7, 11) is 0.